The molecule has 0 fully saturated rings. The van der Waals surface area contributed by atoms with E-state index in [1.165, 1.54) is 11.3 Å². The molecule has 2 rings (SSSR count). The van der Waals surface area contributed by atoms with Crippen LogP contribution in [-0.2, 0) is 6.42 Å². The molecule has 0 atom stereocenters. The predicted molar refractivity (Wildman–Crippen MR) is 83.3 cm³/mol. The fraction of sp³-hybridized carbons (Fsp3) is 0.400. The van der Waals surface area contributed by atoms with Crippen LogP contribution in [0.4, 0.5) is 16.8 Å². The zero-order valence-corrected chi connectivity index (χ0v) is 12.4. The van der Waals surface area contributed by atoms with E-state index in [9.17, 15) is 0 Å². The first-order valence-electron chi connectivity index (χ1n) is 6.01. The zero-order chi connectivity index (χ0) is 14.4. The van der Waals surface area contributed by atoms with Gasteiger partial charge in [-0.15, -0.1) is 11.3 Å². The Morgan fingerprint density at radius 3 is 2.85 bits per heavy atom. The fourth-order valence-corrected chi connectivity index (χ4v) is 2.72. The smallest absolute Gasteiger partial charge is 0.212 e. The number of aliphatic imine (C=N–C) groups is 1. The highest BCUT2D eigenvalue weighted by Crippen LogP contribution is 2.19. The number of unbranched alkanes of at least 4 members (excludes halogenated alkanes) is 1. The van der Waals surface area contributed by atoms with Gasteiger partial charge in [0.05, 0.1) is 17.4 Å². The molecule has 0 aromatic carbocycles. The minimum absolute atomic E-state index is 0.0320. The zero-order valence-electron chi connectivity index (χ0n) is 10.7. The van der Waals surface area contributed by atoms with E-state index in [4.69, 9.17) is 17.2 Å². The van der Waals surface area contributed by atoms with Gasteiger partial charge in [0, 0.05) is 11.9 Å². The van der Waals surface area contributed by atoms with Crippen molar-refractivity contribution in [2.75, 3.05) is 17.6 Å². The number of nitrogen functional groups attached to an aromatic ring is 1. The lowest BCUT2D eigenvalue weighted by Gasteiger charge is -2.02. The van der Waals surface area contributed by atoms with E-state index >= 15 is 0 Å². The standard InChI is InChI=1S/C10H16N8S2/c11-7-8(18-20-17-7)14-4-2-1-3-6-5-19-10(15-6)16-9(12)13/h5H,1-4H2,(H2,11,17)(H,14,18)(H4,12,13,15,16). The van der Waals surface area contributed by atoms with Crippen molar-refractivity contribution >= 4 is 45.8 Å². The SMILES string of the molecule is NC(N)=Nc1nc(CCCCNc2nsnc2N)cs1. The van der Waals surface area contributed by atoms with E-state index in [2.05, 4.69) is 24.0 Å². The number of rotatable bonds is 7. The van der Waals surface area contributed by atoms with Gasteiger partial charge in [-0.3, -0.25) is 0 Å². The first-order chi connectivity index (χ1) is 9.65. The highest BCUT2D eigenvalue weighted by molar-refractivity contribution is 7.13. The van der Waals surface area contributed by atoms with Crippen LogP contribution in [0, 0.1) is 0 Å². The predicted octanol–water partition coefficient (Wildman–Crippen LogP) is 0.916. The summed E-state index contributed by atoms with van der Waals surface area (Å²) in [5.74, 6) is 1.15. The van der Waals surface area contributed by atoms with Crippen LogP contribution in [0.15, 0.2) is 10.4 Å². The number of nitrogens with zero attached hydrogens (tertiary/aromatic N) is 4. The third-order valence-corrected chi connectivity index (χ3v) is 3.76. The highest BCUT2D eigenvalue weighted by atomic mass is 32.1. The molecule has 10 heteroatoms. The second-order valence-electron chi connectivity index (χ2n) is 4.04. The molecule has 0 saturated heterocycles. The Balaban J connectivity index is 1.67. The summed E-state index contributed by atoms with van der Waals surface area (Å²) in [7, 11) is 0. The minimum atomic E-state index is 0.0320. The number of hydrogen-bond donors (Lipinski definition) is 4. The topological polar surface area (TPSA) is 141 Å². The van der Waals surface area contributed by atoms with Gasteiger partial charge in [0.1, 0.15) is 0 Å². The van der Waals surface area contributed by atoms with Crippen LogP contribution in [0.5, 0.6) is 0 Å². The van der Waals surface area contributed by atoms with Crippen LogP contribution >= 0.6 is 23.1 Å². The maximum atomic E-state index is 5.62. The van der Waals surface area contributed by atoms with Crippen LogP contribution in [0.3, 0.4) is 0 Å². The van der Waals surface area contributed by atoms with Crippen molar-refractivity contribution in [3.05, 3.63) is 11.1 Å². The summed E-state index contributed by atoms with van der Waals surface area (Å²) in [5.41, 5.74) is 17.2. The molecule has 0 spiro atoms. The molecule has 108 valence electrons. The Labute approximate surface area is 124 Å². The van der Waals surface area contributed by atoms with Crippen LogP contribution in [-0.4, -0.2) is 26.2 Å². The third-order valence-electron chi connectivity index (χ3n) is 2.43. The summed E-state index contributed by atoms with van der Waals surface area (Å²) in [6, 6.07) is 0. The second kappa shape index (κ2) is 7.01. The average molecular weight is 312 g/mol. The summed E-state index contributed by atoms with van der Waals surface area (Å²) in [5, 5.41) is 5.72. The van der Waals surface area contributed by atoms with E-state index in [-0.39, 0.29) is 5.96 Å². The Morgan fingerprint density at radius 1 is 1.30 bits per heavy atom. The van der Waals surface area contributed by atoms with Crippen LogP contribution in [0.1, 0.15) is 18.5 Å². The van der Waals surface area contributed by atoms with Crippen molar-refractivity contribution in [3.8, 4) is 0 Å². The van der Waals surface area contributed by atoms with E-state index in [1.807, 2.05) is 5.38 Å². The molecule has 20 heavy (non-hydrogen) atoms. The number of guanidine groups is 1. The van der Waals surface area contributed by atoms with Crippen LogP contribution in [0.25, 0.3) is 0 Å². The second-order valence-corrected chi connectivity index (χ2v) is 5.41. The van der Waals surface area contributed by atoms with Gasteiger partial charge in [-0.1, -0.05) is 0 Å². The Kier molecular flexibility index (Phi) is 5.07. The largest absolute Gasteiger partial charge is 0.380 e. The molecule has 0 aliphatic heterocycles. The molecule has 0 radical (unpaired) electrons. The molecule has 0 amide bonds. The number of nitrogens with one attached hydrogen (secondary N) is 1. The van der Waals surface area contributed by atoms with E-state index in [0.717, 1.165) is 43.2 Å². The summed E-state index contributed by atoms with van der Waals surface area (Å²) >= 11 is 2.54. The summed E-state index contributed by atoms with van der Waals surface area (Å²) in [6.45, 7) is 0.806. The van der Waals surface area contributed by atoms with Gasteiger partial charge in [0.25, 0.3) is 0 Å². The Hall–Kier alpha value is -1.94. The van der Waals surface area contributed by atoms with E-state index < -0.39 is 0 Å². The molecule has 0 bridgehead atoms. The Morgan fingerprint density at radius 2 is 2.15 bits per heavy atom. The molecule has 2 heterocycles. The normalized spacial score (nSPS) is 10.4. The van der Waals surface area contributed by atoms with Gasteiger partial charge in [-0.05, 0) is 19.3 Å². The monoisotopic (exact) mass is 312 g/mol. The average Bonchev–Trinajstić information content (AvgIpc) is 2.98. The van der Waals surface area contributed by atoms with Crippen LogP contribution in [0.2, 0.25) is 0 Å². The molecular weight excluding hydrogens is 296 g/mol. The van der Waals surface area contributed by atoms with Crippen molar-refractivity contribution in [3.63, 3.8) is 0 Å². The molecule has 0 unspecified atom stereocenters. The lowest BCUT2D eigenvalue weighted by Crippen LogP contribution is -2.21. The molecule has 0 aliphatic carbocycles. The number of anilines is 2. The maximum absolute atomic E-state index is 5.62. The molecule has 0 saturated carbocycles. The summed E-state index contributed by atoms with van der Waals surface area (Å²) in [4.78, 5) is 8.23. The molecule has 2 aromatic rings. The highest BCUT2D eigenvalue weighted by Gasteiger charge is 2.03. The molecule has 7 N–H and O–H groups in total. The van der Waals surface area contributed by atoms with Gasteiger partial charge < -0.3 is 22.5 Å². The van der Waals surface area contributed by atoms with Crippen molar-refractivity contribution in [2.24, 2.45) is 16.5 Å². The number of aromatic nitrogens is 3. The maximum Gasteiger partial charge on any atom is 0.212 e. The van der Waals surface area contributed by atoms with Crippen molar-refractivity contribution < 1.29 is 0 Å². The summed E-state index contributed by atoms with van der Waals surface area (Å²) in [6.07, 6.45) is 2.89. The first-order valence-corrected chi connectivity index (χ1v) is 7.62. The van der Waals surface area contributed by atoms with Gasteiger partial charge in [-0.25, -0.2) is 4.98 Å². The van der Waals surface area contributed by atoms with Crippen LogP contribution < -0.4 is 22.5 Å². The van der Waals surface area contributed by atoms with Crippen molar-refractivity contribution in [1.82, 2.24) is 13.7 Å². The summed E-state index contributed by atoms with van der Waals surface area (Å²) < 4.78 is 7.94. The molecular formula is C10H16N8S2. The molecule has 2 aromatic heterocycles. The lowest BCUT2D eigenvalue weighted by molar-refractivity contribution is 0.751. The number of hydrogen-bond acceptors (Lipinski definition) is 8. The molecule has 0 aliphatic rings. The lowest BCUT2D eigenvalue weighted by atomic mass is 10.2. The number of nitrogens with two attached hydrogens (primary N) is 3. The van der Waals surface area contributed by atoms with Gasteiger partial charge in [-0.2, -0.15) is 13.7 Å². The number of aryl methyl sites for hydroxylation is 1. The molecule has 8 nitrogen and oxygen atoms in total. The van der Waals surface area contributed by atoms with Crippen molar-refractivity contribution in [2.45, 2.75) is 19.3 Å². The minimum Gasteiger partial charge on any atom is -0.380 e. The van der Waals surface area contributed by atoms with Gasteiger partial charge >= 0.3 is 0 Å². The quantitative estimate of drug-likeness (QED) is 0.338. The fourth-order valence-electron chi connectivity index (χ4n) is 1.53. The van der Waals surface area contributed by atoms with Gasteiger partial charge in [0.2, 0.25) is 5.13 Å². The first kappa shape index (κ1) is 14.5. The number of thiazole rings is 1. The third kappa shape index (κ3) is 4.31. The van der Waals surface area contributed by atoms with Crippen molar-refractivity contribution in [1.29, 1.82) is 0 Å². The Bertz CT molecular complexity index is 571. The van der Waals surface area contributed by atoms with Gasteiger partial charge in [0.15, 0.2) is 17.6 Å². The van der Waals surface area contributed by atoms with E-state index in [0.29, 0.717) is 16.8 Å². The van der Waals surface area contributed by atoms with E-state index in [1.54, 1.807) is 0 Å².